The molecule has 35 heavy (non-hydrogen) atoms. The highest BCUT2D eigenvalue weighted by Gasteiger charge is 2.43. The quantitative estimate of drug-likeness (QED) is 0.236. The third-order valence-corrected chi connectivity index (χ3v) is 7.75. The highest BCUT2D eigenvalue weighted by Crippen LogP contribution is 2.43. The maximum absolute atomic E-state index is 12.0. The zero-order valence-corrected chi connectivity index (χ0v) is 22.1. The molecule has 0 spiro atoms. The van der Waals surface area contributed by atoms with E-state index in [0.717, 1.165) is 50.0 Å². The van der Waals surface area contributed by atoms with Crippen LogP contribution < -0.4 is 4.74 Å². The number of hydrogen-bond donors (Lipinski definition) is 1. The molecule has 1 fully saturated rings. The van der Waals surface area contributed by atoms with Gasteiger partial charge in [-0.3, -0.25) is 0 Å². The molecule has 3 aromatic rings. The molecule has 0 aliphatic heterocycles. The Morgan fingerprint density at radius 2 is 1.77 bits per heavy atom. The van der Waals surface area contributed by atoms with Crippen LogP contribution in [0.15, 0.2) is 59.1 Å². The molecule has 5 nitrogen and oxygen atoms in total. The Bertz CT molecular complexity index is 1100. The van der Waals surface area contributed by atoms with Gasteiger partial charge >= 0.3 is 0 Å². The molecule has 188 valence electrons. The van der Waals surface area contributed by atoms with Gasteiger partial charge in [0.15, 0.2) is 5.76 Å². The predicted octanol–water partition coefficient (Wildman–Crippen LogP) is 6.84. The Morgan fingerprint density at radius 3 is 2.49 bits per heavy atom. The third kappa shape index (κ3) is 6.39. The lowest BCUT2D eigenvalue weighted by Crippen LogP contribution is -2.40. The lowest BCUT2D eigenvalue weighted by atomic mass is 9.71. The molecule has 1 saturated carbocycles. The van der Waals surface area contributed by atoms with Crippen LogP contribution >= 0.6 is 23.2 Å². The van der Waals surface area contributed by atoms with Gasteiger partial charge in [0.2, 0.25) is 0 Å². The van der Waals surface area contributed by atoms with Crippen molar-refractivity contribution in [3.63, 3.8) is 0 Å². The summed E-state index contributed by atoms with van der Waals surface area (Å²) in [6, 6.07) is 17.2. The first kappa shape index (κ1) is 26.0. The molecule has 2 aromatic carbocycles. The highest BCUT2D eigenvalue weighted by molar-refractivity contribution is 6.42. The van der Waals surface area contributed by atoms with Crippen LogP contribution in [0.2, 0.25) is 10.0 Å². The Balaban J connectivity index is 1.40. The number of ether oxygens (including phenoxy) is 1. The Labute approximate surface area is 218 Å². The molecular weight excluding hydrogens is 483 g/mol. The van der Waals surface area contributed by atoms with E-state index < -0.39 is 5.60 Å². The van der Waals surface area contributed by atoms with Crippen molar-refractivity contribution in [1.82, 2.24) is 5.16 Å². The van der Waals surface area contributed by atoms with E-state index in [1.165, 1.54) is 6.42 Å². The van der Waals surface area contributed by atoms with Gasteiger partial charge in [0.05, 0.1) is 37.3 Å². The molecule has 1 aromatic heterocycles. The average molecular weight is 519 g/mol. The summed E-state index contributed by atoms with van der Waals surface area (Å²) in [6.45, 7) is 2.15. The predicted molar refractivity (Wildman–Crippen MR) is 140 cm³/mol. The van der Waals surface area contributed by atoms with Crippen molar-refractivity contribution in [3.05, 3.63) is 81.7 Å². The van der Waals surface area contributed by atoms with Crippen LogP contribution in [0.3, 0.4) is 0 Å². The fourth-order valence-corrected chi connectivity index (χ4v) is 5.41. The molecule has 1 aliphatic rings. The van der Waals surface area contributed by atoms with E-state index in [9.17, 15) is 5.11 Å². The average Bonchev–Trinajstić information content (AvgIpc) is 3.33. The molecule has 1 N–H and O–H groups in total. The summed E-state index contributed by atoms with van der Waals surface area (Å²) in [5.74, 6) is 1.63. The van der Waals surface area contributed by atoms with Gasteiger partial charge in [0.1, 0.15) is 23.6 Å². The second-order valence-corrected chi connectivity index (χ2v) is 11.1. The van der Waals surface area contributed by atoms with E-state index in [1.807, 2.05) is 42.5 Å². The lowest BCUT2D eigenvalue weighted by Gasteiger charge is -2.37. The Kier molecular flexibility index (Phi) is 8.43. The van der Waals surface area contributed by atoms with E-state index in [4.69, 9.17) is 32.5 Å². The Morgan fingerprint density at radius 1 is 1.03 bits per heavy atom. The third-order valence-electron chi connectivity index (χ3n) is 7.01. The minimum atomic E-state index is -1.13. The first-order valence-electron chi connectivity index (χ1n) is 12.4. The van der Waals surface area contributed by atoms with E-state index in [-0.39, 0.29) is 5.92 Å². The fraction of sp³-hybridized carbons (Fsp3) is 0.464. The van der Waals surface area contributed by atoms with Crippen molar-refractivity contribution in [1.29, 1.82) is 0 Å². The zero-order chi connectivity index (χ0) is 24.9. The van der Waals surface area contributed by atoms with Crippen LogP contribution in [-0.4, -0.2) is 42.0 Å². The van der Waals surface area contributed by atoms with Gasteiger partial charge < -0.3 is 18.8 Å². The molecule has 1 atom stereocenters. The SMILES string of the molecule is C[N+](C)(CCCOc1ccc(Cl)c(Cl)c1)Cc1cc(C(O)(c2ccccc2)C2CCCCC2)no1. The molecule has 7 heteroatoms. The minimum absolute atomic E-state index is 0.137. The van der Waals surface area contributed by atoms with E-state index in [0.29, 0.717) is 39.1 Å². The first-order valence-corrected chi connectivity index (χ1v) is 13.2. The summed E-state index contributed by atoms with van der Waals surface area (Å²) in [4.78, 5) is 0. The number of benzene rings is 2. The minimum Gasteiger partial charge on any atom is -0.493 e. The molecule has 1 aliphatic carbocycles. The molecule has 0 saturated heterocycles. The molecular formula is C28H35Cl2N2O3+. The van der Waals surface area contributed by atoms with Crippen molar-refractivity contribution in [3.8, 4) is 5.75 Å². The van der Waals surface area contributed by atoms with Crippen molar-refractivity contribution < 1.29 is 18.8 Å². The molecule has 0 amide bonds. The van der Waals surface area contributed by atoms with Gasteiger partial charge in [-0.2, -0.15) is 0 Å². The molecule has 4 rings (SSSR count). The van der Waals surface area contributed by atoms with Gasteiger partial charge in [-0.15, -0.1) is 0 Å². The summed E-state index contributed by atoms with van der Waals surface area (Å²) in [5.41, 5.74) is 0.377. The smallest absolute Gasteiger partial charge is 0.191 e. The monoisotopic (exact) mass is 517 g/mol. The summed E-state index contributed by atoms with van der Waals surface area (Å²) >= 11 is 12.0. The van der Waals surface area contributed by atoms with Gasteiger partial charge in [-0.25, -0.2) is 0 Å². The van der Waals surface area contributed by atoms with Crippen molar-refractivity contribution in [2.45, 2.75) is 50.7 Å². The number of nitrogens with zero attached hydrogens (tertiary/aromatic N) is 2. The number of aliphatic hydroxyl groups is 1. The maximum Gasteiger partial charge on any atom is 0.191 e. The van der Waals surface area contributed by atoms with Crippen molar-refractivity contribution >= 4 is 23.2 Å². The summed E-state index contributed by atoms with van der Waals surface area (Å²) in [6.07, 6.45) is 6.36. The molecule has 1 heterocycles. The zero-order valence-electron chi connectivity index (χ0n) is 20.6. The second kappa shape index (κ2) is 11.3. The fourth-order valence-electron chi connectivity index (χ4n) is 5.12. The number of aromatic nitrogens is 1. The first-order chi connectivity index (χ1) is 16.8. The molecule has 0 bridgehead atoms. The van der Waals surface area contributed by atoms with Crippen LogP contribution in [0.1, 0.15) is 55.5 Å². The van der Waals surface area contributed by atoms with Crippen LogP contribution in [-0.2, 0) is 12.1 Å². The number of halogens is 2. The standard InChI is InChI=1S/C28H35Cl2N2O3/c1-32(2,16-9-17-34-23-14-15-25(29)26(30)18-23)20-24-19-27(31-35-24)28(33,21-10-5-3-6-11-21)22-12-7-4-8-13-22/h3,5-6,10-11,14-15,18-19,22,33H,4,7-9,12-13,16-17,20H2,1-2H3/q+1. The van der Waals surface area contributed by atoms with Crippen LogP contribution in [0.25, 0.3) is 0 Å². The maximum atomic E-state index is 12.0. The lowest BCUT2D eigenvalue weighted by molar-refractivity contribution is -0.904. The second-order valence-electron chi connectivity index (χ2n) is 10.2. The summed E-state index contributed by atoms with van der Waals surface area (Å²) < 4.78 is 12.3. The van der Waals surface area contributed by atoms with Crippen LogP contribution in [0.5, 0.6) is 5.75 Å². The highest BCUT2D eigenvalue weighted by atomic mass is 35.5. The van der Waals surface area contributed by atoms with Gasteiger partial charge in [-0.05, 0) is 36.5 Å². The van der Waals surface area contributed by atoms with Crippen molar-refractivity contribution in [2.75, 3.05) is 27.2 Å². The largest absolute Gasteiger partial charge is 0.493 e. The number of hydrogen-bond acceptors (Lipinski definition) is 4. The van der Waals surface area contributed by atoms with Gasteiger partial charge in [-0.1, -0.05) is 78.0 Å². The topological polar surface area (TPSA) is 55.5 Å². The van der Waals surface area contributed by atoms with Gasteiger partial charge in [0, 0.05) is 18.6 Å². The van der Waals surface area contributed by atoms with Crippen LogP contribution in [0.4, 0.5) is 0 Å². The van der Waals surface area contributed by atoms with Gasteiger partial charge in [0.25, 0.3) is 0 Å². The molecule has 0 radical (unpaired) electrons. The number of rotatable bonds is 10. The summed E-state index contributed by atoms with van der Waals surface area (Å²) in [5, 5.41) is 17.4. The van der Waals surface area contributed by atoms with E-state index >= 15 is 0 Å². The van der Waals surface area contributed by atoms with Crippen LogP contribution in [0, 0.1) is 5.92 Å². The summed E-state index contributed by atoms with van der Waals surface area (Å²) in [7, 11) is 4.32. The Hall–Kier alpha value is -2.05. The van der Waals surface area contributed by atoms with E-state index in [1.54, 1.807) is 12.1 Å². The molecule has 1 unspecified atom stereocenters. The normalized spacial score (nSPS) is 16.7. The number of quaternary nitrogens is 1. The van der Waals surface area contributed by atoms with E-state index in [2.05, 4.69) is 19.3 Å². The van der Waals surface area contributed by atoms with Crippen molar-refractivity contribution in [2.24, 2.45) is 5.92 Å².